The van der Waals surface area contributed by atoms with Crippen LogP contribution in [0.4, 0.5) is 4.79 Å². The first-order chi connectivity index (χ1) is 25.4. The van der Waals surface area contributed by atoms with Gasteiger partial charge in [-0.1, -0.05) is 53.5 Å². The van der Waals surface area contributed by atoms with Gasteiger partial charge in [0, 0.05) is 55.4 Å². The molecule has 2 aliphatic rings. The molecule has 0 aromatic heterocycles. The summed E-state index contributed by atoms with van der Waals surface area (Å²) >= 11 is 12.6. The Morgan fingerprint density at radius 1 is 0.887 bits per heavy atom. The molecule has 0 aliphatic carbocycles. The summed E-state index contributed by atoms with van der Waals surface area (Å²) in [5.74, 6) is 0.415. The molecule has 11 nitrogen and oxygen atoms in total. The van der Waals surface area contributed by atoms with Gasteiger partial charge in [0.15, 0.2) is 11.5 Å². The van der Waals surface area contributed by atoms with Crippen molar-refractivity contribution in [2.24, 2.45) is 4.99 Å². The van der Waals surface area contributed by atoms with Crippen molar-refractivity contribution in [3.05, 3.63) is 117 Å². The molecule has 4 aromatic carbocycles. The van der Waals surface area contributed by atoms with Crippen molar-refractivity contribution < 1.29 is 29.3 Å². The molecule has 13 heteroatoms. The Morgan fingerprint density at radius 3 is 2.15 bits per heavy atom. The van der Waals surface area contributed by atoms with Crippen LogP contribution in [0.5, 0.6) is 23.0 Å². The molecule has 0 spiro atoms. The normalized spacial score (nSPS) is 17.5. The summed E-state index contributed by atoms with van der Waals surface area (Å²) in [5.41, 5.74) is 2.90. The Labute approximate surface area is 319 Å². The number of nitrogens with zero attached hydrogens (tertiary/aromatic N) is 4. The molecule has 1 fully saturated rings. The van der Waals surface area contributed by atoms with Crippen molar-refractivity contribution in [3.63, 3.8) is 0 Å². The van der Waals surface area contributed by atoms with Gasteiger partial charge in [-0.3, -0.25) is 19.6 Å². The molecule has 4 aromatic rings. The summed E-state index contributed by atoms with van der Waals surface area (Å²) in [4.78, 5) is 38.7. The highest BCUT2D eigenvalue weighted by molar-refractivity contribution is 6.30. The van der Waals surface area contributed by atoms with Gasteiger partial charge in [-0.05, 0) is 79.9 Å². The zero-order chi connectivity index (χ0) is 37.8. The lowest BCUT2D eigenvalue weighted by Crippen LogP contribution is -2.54. The van der Waals surface area contributed by atoms with Gasteiger partial charge in [0.2, 0.25) is 0 Å². The molecule has 0 radical (unpaired) electrons. The van der Waals surface area contributed by atoms with Crippen molar-refractivity contribution in [3.8, 4) is 23.0 Å². The smallest absolute Gasteiger partial charge is 0.326 e. The molecule has 0 bridgehead atoms. The zero-order valence-electron chi connectivity index (χ0n) is 30.1. The fraction of sp³-hybridized carbons (Fsp3) is 0.325. The van der Waals surface area contributed by atoms with Gasteiger partial charge in [0.25, 0.3) is 5.91 Å². The van der Waals surface area contributed by atoms with E-state index in [1.54, 1.807) is 25.0 Å². The van der Waals surface area contributed by atoms with Crippen LogP contribution in [0.1, 0.15) is 58.5 Å². The number of hydrogen-bond acceptors (Lipinski definition) is 8. The Morgan fingerprint density at radius 2 is 1.53 bits per heavy atom. The van der Waals surface area contributed by atoms with Crippen molar-refractivity contribution in [1.29, 1.82) is 0 Å². The zero-order valence-corrected chi connectivity index (χ0v) is 31.6. The molecule has 2 heterocycles. The predicted molar refractivity (Wildman–Crippen MR) is 206 cm³/mol. The second-order valence-electron chi connectivity index (χ2n) is 13.3. The third kappa shape index (κ3) is 8.32. The van der Waals surface area contributed by atoms with E-state index in [-0.39, 0.29) is 23.4 Å². The van der Waals surface area contributed by atoms with Crippen LogP contribution in [0, 0.1) is 6.92 Å². The van der Waals surface area contributed by atoms with Gasteiger partial charge in [-0.15, -0.1) is 0 Å². The molecule has 2 aliphatic heterocycles. The maximum absolute atomic E-state index is 14.9. The van der Waals surface area contributed by atoms with E-state index in [1.807, 2.05) is 85.5 Å². The monoisotopic (exact) mass is 759 g/mol. The minimum Gasteiger partial charge on any atom is -0.504 e. The lowest BCUT2D eigenvalue weighted by molar-refractivity contribution is 0.0935. The average molecular weight is 761 g/mol. The number of phenolic OH excluding ortho intramolecular Hbond substituents is 2. The van der Waals surface area contributed by atoms with E-state index >= 15 is 0 Å². The van der Waals surface area contributed by atoms with Crippen LogP contribution in [0.15, 0.2) is 83.9 Å². The number of methoxy groups -OCH3 is 1. The first-order valence-corrected chi connectivity index (χ1v) is 18.2. The molecule has 1 saturated heterocycles. The molecular weight excluding hydrogens is 717 g/mol. The number of amidine groups is 1. The summed E-state index contributed by atoms with van der Waals surface area (Å²) in [5, 5.41) is 24.3. The number of carbonyl (C=O) groups excluding carboxylic acids is 2. The number of hydrogen-bond donors (Lipinski definition) is 3. The molecule has 3 N–H and O–H groups in total. The fourth-order valence-electron chi connectivity index (χ4n) is 6.62. The number of aliphatic imine (C=N–C) groups is 1. The summed E-state index contributed by atoms with van der Waals surface area (Å²) in [7, 11) is 1.60. The summed E-state index contributed by atoms with van der Waals surface area (Å²) < 4.78 is 11.8. The standard InChI is InChI=1S/C40H43Cl2N5O6/c1-24(2)53-33-23-30(52-4)14-16-31(33)38-44-34(26-6-10-28(41)11-7-26)35(27-8-12-29(42)13-9-27)47(38)40(51)46-21-19-45(20-22-46)18-17-43-39(50)32-15-5-25(3)36(48)37(32)49/h5-16,23-24,34-35,48-49H,17-22H2,1-4H3,(H,43,50)/t34-,35+/m0/s1. The highest BCUT2D eigenvalue weighted by Gasteiger charge is 2.45. The number of benzene rings is 4. The molecule has 0 unspecified atom stereocenters. The summed E-state index contributed by atoms with van der Waals surface area (Å²) in [6.07, 6.45) is -0.154. The van der Waals surface area contributed by atoms with E-state index in [4.69, 9.17) is 37.7 Å². The highest BCUT2D eigenvalue weighted by Crippen LogP contribution is 2.46. The Kier molecular flexibility index (Phi) is 11.7. The molecule has 278 valence electrons. The van der Waals surface area contributed by atoms with E-state index in [0.717, 1.165) is 11.1 Å². The number of carbonyl (C=O) groups is 2. The van der Waals surface area contributed by atoms with Gasteiger partial charge in [-0.25, -0.2) is 4.79 Å². The number of aromatic hydroxyl groups is 2. The average Bonchev–Trinajstić information content (AvgIpc) is 3.54. The van der Waals surface area contributed by atoms with E-state index in [1.165, 1.54) is 6.07 Å². The number of aryl methyl sites for hydroxylation is 1. The van der Waals surface area contributed by atoms with Gasteiger partial charge in [-0.2, -0.15) is 0 Å². The van der Waals surface area contributed by atoms with E-state index in [9.17, 15) is 19.8 Å². The number of piperazine rings is 1. The minimum absolute atomic E-state index is 0.0116. The van der Waals surface area contributed by atoms with Crippen LogP contribution < -0.4 is 14.8 Å². The number of phenols is 2. The Bertz CT molecular complexity index is 1980. The maximum atomic E-state index is 14.9. The SMILES string of the molecule is COc1ccc(C2=N[C@@H](c3ccc(Cl)cc3)[C@@H](c3ccc(Cl)cc3)N2C(=O)N2CCN(CCNC(=O)c3ccc(C)c(O)c3O)CC2)c(OC(C)C)c1. The number of urea groups is 1. The van der Waals surface area contributed by atoms with Gasteiger partial charge < -0.3 is 29.9 Å². The highest BCUT2D eigenvalue weighted by atomic mass is 35.5. The van der Waals surface area contributed by atoms with E-state index in [0.29, 0.717) is 77.8 Å². The van der Waals surface area contributed by atoms with Crippen molar-refractivity contribution in [2.75, 3.05) is 46.4 Å². The molecule has 3 amide bonds. The lowest BCUT2D eigenvalue weighted by Gasteiger charge is -2.39. The second-order valence-corrected chi connectivity index (χ2v) is 14.2. The van der Waals surface area contributed by atoms with Gasteiger partial charge >= 0.3 is 6.03 Å². The predicted octanol–water partition coefficient (Wildman–Crippen LogP) is 7.22. The number of ether oxygens (including phenoxy) is 2. The molecule has 6 rings (SSSR count). The van der Waals surface area contributed by atoms with Crippen molar-refractivity contribution >= 4 is 41.0 Å². The lowest BCUT2D eigenvalue weighted by atomic mass is 9.93. The molecular formula is C40H43Cl2N5O6. The van der Waals surface area contributed by atoms with Crippen LogP contribution in [-0.2, 0) is 0 Å². The topological polar surface area (TPSA) is 127 Å². The van der Waals surface area contributed by atoms with Crippen LogP contribution in [-0.4, -0.2) is 95.2 Å². The Hall–Kier alpha value is -4.97. The van der Waals surface area contributed by atoms with Crippen LogP contribution in [0.3, 0.4) is 0 Å². The Balaban J connectivity index is 1.27. The van der Waals surface area contributed by atoms with Crippen LogP contribution >= 0.6 is 23.2 Å². The number of amides is 3. The number of halogens is 2. The molecule has 53 heavy (non-hydrogen) atoms. The largest absolute Gasteiger partial charge is 0.504 e. The third-order valence-electron chi connectivity index (χ3n) is 9.44. The minimum atomic E-state index is -0.518. The number of nitrogens with one attached hydrogen (secondary N) is 1. The first kappa shape index (κ1) is 37.8. The van der Waals surface area contributed by atoms with E-state index in [2.05, 4.69) is 10.2 Å². The van der Waals surface area contributed by atoms with Crippen molar-refractivity contribution in [2.45, 2.75) is 39.0 Å². The summed E-state index contributed by atoms with van der Waals surface area (Å²) in [6, 6.07) is 22.4. The second kappa shape index (κ2) is 16.4. The summed E-state index contributed by atoms with van der Waals surface area (Å²) in [6.45, 7) is 8.43. The van der Waals surface area contributed by atoms with Crippen LogP contribution in [0.25, 0.3) is 0 Å². The fourth-order valence-corrected chi connectivity index (χ4v) is 6.87. The molecule has 2 atom stereocenters. The quantitative estimate of drug-likeness (QED) is 0.146. The molecule has 0 saturated carbocycles. The maximum Gasteiger partial charge on any atom is 0.326 e. The van der Waals surface area contributed by atoms with Crippen molar-refractivity contribution in [1.82, 2.24) is 20.0 Å². The first-order valence-electron chi connectivity index (χ1n) is 17.5. The van der Waals surface area contributed by atoms with Gasteiger partial charge in [0.1, 0.15) is 23.4 Å². The third-order valence-corrected chi connectivity index (χ3v) is 9.95. The number of rotatable bonds is 10. The van der Waals surface area contributed by atoms with Gasteiger partial charge in [0.05, 0.1) is 30.4 Å². The van der Waals surface area contributed by atoms with E-state index < -0.39 is 23.7 Å². The van der Waals surface area contributed by atoms with Crippen LogP contribution in [0.2, 0.25) is 10.0 Å².